The Morgan fingerprint density at radius 1 is 1.69 bits per heavy atom. The largest absolute Gasteiger partial charge is 0.383 e. The Labute approximate surface area is 79.0 Å². The van der Waals surface area contributed by atoms with E-state index in [1.165, 1.54) is 0 Å². The molecule has 0 radical (unpaired) electrons. The van der Waals surface area contributed by atoms with Gasteiger partial charge in [-0.15, -0.1) is 0 Å². The zero-order valence-corrected chi connectivity index (χ0v) is 8.16. The number of ether oxygens (including phenoxy) is 1. The van der Waals surface area contributed by atoms with Gasteiger partial charge >= 0.3 is 0 Å². The van der Waals surface area contributed by atoms with Crippen LogP contribution in [-0.4, -0.2) is 43.7 Å². The minimum atomic E-state index is 0.246. The number of hydrogen-bond donors (Lipinski definition) is 1. The fourth-order valence-electron chi connectivity index (χ4n) is 1.78. The van der Waals surface area contributed by atoms with Gasteiger partial charge in [-0.3, -0.25) is 4.79 Å². The van der Waals surface area contributed by atoms with Crippen LogP contribution in [0.25, 0.3) is 0 Å². The number of rotatable bonds is 5. The number of carbonyl (C=O) groups is 1. The Kier molecular flexibility index (Phi) is 4.18. The van der Waals surface area contributed by atoms with Crippen molar-refractivity contribution in [3.05, 3.63) is 0 Å². The first-order valence-electron chi connectivity index (χ1n) is 4.78. The lowest BCUT2D eigenvalue weighted by Crippen LogP contribution is -2.36. The molecule has 1 rings (SSSR count). The monoisotopic (exact) mass is 186 g/mol. The van der Waals surface area contributed by atoms with E-state index in [0.29, 0.717) is 32.2 Å². The van der Waals surface area contributed by atoms with Crippen LogP contribution in [-0.2, 0) is 9.53 Å². The van der Waals surface area contributed by atoms with E-state index in [9.17, 15) is 4.79 Å². The van der Waals surface area contributed by atoms with Crippen molar-refractivity contribution in [2.75, 3.05) is 26.8 Å². The second-order valence-corrected chi connectivity index (χ2v) is 3.35. The third kappa shape index (κ3) is 2.67. The van der Waals surface area contributed by atoms with E-state index in [-0.39, 0.29) is 5.91 Å². The van der Waals surface area contributed by atoms with Gasteiger partial charge in [0.15, 0.2) is 0 Å². The van der Waals surface area contributed by atoms with Crippen LogP contribution >= 0.6 is 0 Å². The molecule has 0 aliphatic carbocycles. The van der Waals surface area contributed by atoms with Crippen LogP contribution in [0.3, 0.4) is 0 Å². The Morgan fingerprint density at radius 3 is 3.08 bits per heavy atom. The highest BCUT2D eigenvalue weighted by Crippen LogP contribution is 2.20. The smallest absolute Gasteiger partial charge is 0.222 e. The molecule has 2 N–H and O–H groups in total. The summed E-state index contributed by atoms with van der Waals surface area (Å²) in [5.41, 5.74) is 5.48. The van der Waals surface area contributed by atoms with Crippen LogP contribution in [0, 0.1) is 0 Å². The van der Waals surface area contributed by atoms with E-state index >= 15 is 0 Å². The molecule has 76 valence electrons. The fourth-order valence-corrected chi connectivity index (χ4v) is 1.78. The molecule has 13 heavy (non-hydrogen) atoms. The second kappa shape index (κ2) is 5.19. The highest BCUT2D eigenvalue weighted by Gasteiger charge is 2.29. The lowest BCUT2D eigenvalue weighted by Gasteiger charge is -2.23. The number of amides is 1. The number of likely N-dealkylation sites (tertiary alicyclic amines) is 1. The molecule has 4 nitrogen and oxygen atoms in total. The first kappa shape index (κ1) is 10.5. The molecule has 1 atom stereocenters. The van der Waals surface area contributed by atoms with E-state index in [1.807, 2.05) is 4.90 Å². The molecule has 0 aromatic heterocycles. The van der Waals surface area contributed by atoms with E-state index in [4.69, 9.17) is 10.5 Å². The summed E-state index contributed by atoms with van der Waals surface area (Å²) in [7, 11) is 1.65. The van der Waals surface area contributed by atoms with Gasteiger partial charge in [0.05, 0.1) is 6.61 Å². The highest BCUT2D eigenvalue weighted by molar-refractivity contribution is 5.78. The number of methoxy groups -OCH3 is 1. The minimum absolute atomic E-state index is 0.246. The third-order valence-electron chi connectivity index (χ3n) is 2.49. The van der Waals surface area contributed by atoms with Gasteiger partial charge in [-0.25, -0.2) is 0 Å². The third-order valence-corrected chi connectivity index (χ3v) is 2.49. The Morgan fingerprint density at radius 2 is 2.46 bits per heavy atom. The van der Waals surface area contributed by atoms with Gasteiger partial charge in [0, 0.05) is 26.1 Å². The molecular formula is C9H18N2O2. The van der Waals surface area contributed by atoms with Gasteiger partial charge in [0.1, 0.15) is 0 Å². The molecule has 1 heterocycles. The molecule has 0 aromatic carbocycles. The molecule has 1 amide bonds. The number of nitrogens with zero attached hydrogens (tertiary/aromatic N) is 1. The van der Waals surface area contributed by atoms with Crippen molar-refractivity contribution in [2.45, 2.75) is 25.3 Å². The van der Waals surface area contributed by atoms with Gasteiger partial charge in [0.25, 0.3) is 0 Å². The molecular weight excluding hydrogens is 168 g/mol. The van der Waals surface area contributed by atoms with Crippen LogP contribution in [0.15, 0.2) is 0 Å². The predicted octanol–water partition coefficient (Wildman–Crippen LogP) is -0.0274. The highest BCUT2D eigenvalue weighted by atomic mass is 16.5. The first-order chi connectivity index (χ1) is 6.29. The second-order valence-electron chi connectivity index (χ2n) is 3.35. The standard InChI is InChI=1S/C9H18N2O2/c1-13-7-6-11-8(4-5-10)2-3-9(11)12/h8H,2-7,10H2,1H3. The van der Waals surface area contributed by atoms with Gasteiger partial charge < -0.3 is 15.4 Å². The van der Waals surface area contributed by atoms with Crippen molar-refractivity contribution in [1.29, 1.82) is 0 Å². The molecule has 0 spiro atoms. The van der Waals surface area contributed by atoms with Gasteiger partial charge in [0.2, 0.25) is 5.91 Å². The summed E-state index contributed by atoms with van der Waals surface area (Å²) in [5.74, 6) is 0.246. The summed E-state index contributed by atoms with van der Waals surface area (Å²) in [6.07, 6.45) is 2.55. The van der Waals surface area contributed by atoms with Crippen molar-refractivity contribution >= 4 is 5.91 Å². The van der Waals surface area contributed by atoms with Gasteiger partial charge in [-0.1, -0.05) is 0 Å². The van der Waals surface area contributed by atoms with Crippen LogP contribution in [0.2, 0.25) is 0 Å². The van der Waals surface area contributed by atoms with Crippen molar-refractivity contribution in [1.82, 2.24) is 4.90 Å². The molecule has 0 aromatic rings. The van der Waals surface area contributed by atoms with E-state index in [2.05, 4.69) is 0 Å². The Bertz CT molecular complexity index is 173. The van der Waals surface area contributed by atoms with Gasteiger partial charge in [-0.2, -0.15) is 0 Å². The van der Waals surface area contributed by atoms with E-state index < -0.39 is 0 Å². The SMILES string of the molecule is COCCN1C(=O)CCC1CCN. The molecule has 1 unspecified atom stereocenters. The minimum Gasteiger partial charge on any atom is -0.383 e. The zero-order valence-electron chi connectivity index (χ0n) is 8.16. The first-order valence-corrected chi connectivity index (χ1v) is 4.78. The molecule has 1 aliphatic rings. The maximum Gasteiger partial charge on any atom is 0.222 e. The summed E-state index contributed by atoms with van der Waals surface area (Å²) in [6, 6.07) is 0.354. The van der Waals surface area contributed by atoms with Crippen molar-refractivity contribution < 1.29 is 9.53 Å². The summed E-state index contributed by atoms with van der Waals surface area (Å²) in [4.78, 5) is 13.3. The quantitative estimate of drug-likeness (QED) is 0.656. The average molecular weight is 186 g/mol. The maximum absolute atomic E-state index is 11.4. The molecule has 0 saturated carbocycles. The summed E-state index contributed by atoms with van der Waals surface area (Å²) in [6.45, 7) is 1.98. The molecule has 1 aliphatic heterocycles. The van der Waals surface area contributed by atoms with E-state index in [1.54, 1.807) is 7.11 Å². The number of nitrogens with two attached hydrogens (primary N) is 1. The van der Waals surface area contributed by atoms with Crippen molar-refractivity contribution in [2.24, 2.45) is 5.73 Å². The average Bonchev–Trinajstić information content (AvgIpc) is 2.45. The topological polar surface area (TPSA) is 55.6 Å². The lowest BCUT2D eigenvalue weighted by atomic mass is 10.1. The maximum atomic E-state index is 11.4. The molecule has 4 heteroatoms. The normalized spacial score (nSPS) is 22.8. The fraction of sp³-hybridized carbons (Fsp3) is 0.889. The van der Waals surface area contributed by atoms with Crippen LogP contribution in [0.4, 0.5) is 0 Å². The van der Waals surface area contributed by atoms with Crippen LogP contribution < -0.4 is 5.73 Å². The Hall–Kier alpha value is -0.610. The lowest BCUT2D eigenvalue weighted by molar-refractivity contribution is -0.129. The molecule has 1 fully saturated rings. The Balaban J connectivity index is 2.40. The van der Waals surface area contributed by atoms with E-state index in [0.717, 1.165) is 12.8 Å². The van der Waals surface area contributed by atoms with Crippen LogP contribution in [0.1, 0.15) is 19.3 Å². The van der Waals surface area contributed by atoms with Gasteiger partial charge in [-0.05, 0) is 19.4 Å². The van der Waals surface area contributed by atoms with Crippen molar-refractivity contribution in [3.8, 4) is 0 Å². The molecule has 0 bridgehead atoms. The summed E-state index contributed by atoms with van der Waals surface area (Å²) < 4.78 is 4.95. The summed E-state index contributed by atoms with van der Waals surface area (Å²) in [5, 5.41) is 0. The molecule has 1 saturated heterocycles. The summed E-state index contributed by atoms with van der Waals surface area (Å²) >= 11 is 0. The predicted molar refractivity (Wildman–Crippen MR) is 50.3 cm³/mol. The number of carbonyl (C=O) groups excluding carboxylic acids is 1. The number of hydrogen-bond acceptors (Lipinski definition) is 3. The zero-order chi connectivity index (χ0) is 9.68. The van der Waals surface area contributed by atoms with Crippen molar-refractivity contribution in [3.63, 3.8) is 0 Å². The van der Waals surface area contributed by atoms with Crippen LogP contribution in [0.5, 0.6) is 0 Å².